The van der Waals surface area contributed by atoms with Gasteiger partial charge in [-0.05, 0) is 71.8 Å². The molecule has 32 heavy (non-hydrogen) atoms. The molecule has 0 aliphatic heterocycles. The summed E-state index contributed by atoms with van der Waals surface area (Å²) < 4.78 is 0. The number of benzene rings is 3. The molecule has 0 spiro atoms. The lowest BCUT2D eigenvalue weighted by molar-refractivity contribution is 0.332. The molecule has 4 unspecified atom stereocenters. The maximum atomic E-state index is 9.68. The van der Waals surface area contributed by atoms with Crippen LogP contribution < -0.4 is 0 Å². The van der Waals surface area contributed by atoms with Gasteiger partial charge in [0.15, 0.2) is 0 Å². The van der Waals surface area contributed by atoms with Gasteiger partial charge in [-0.25, -0.2) is 0 Å². The highest BCUT2D eigenvalue weighted by Gasteiger charge is 2.22. The van der Waals surface area contributed by atoms with Crippen molar-refractivity contribution < 1.29 is 5.11 Å². The van der Waals surface area contributed by atoms with Gasteiger partial charge < -0.3 is 5.11 Å². The van der Waals surface area contributed by atoms with Crippen molar-refractivity contribution in [2.75, 3.05) is 0 Å². The lowest BCUT2D eigenvalue weighted by Gasteiger charge is -2.28. The van der Waals surface area contributed by atoms with Crippen molar-refractivity contribution in [1.82, 2.24) is 0 Å². The van der Waals surface area contributed by atoms with E-state index in [1.807, 2.05) is 12.1 Å². The summed E-state index contributed by atoms with van der Waals surface area (Å²) in [6.07, 6.45) is 7.40. The van der Waals surface area contributed by atoms with Crippen molar-refractivity contribution in [3.05, 3.63) is 102 Å². The highest BCUT2D eigenvalue weighted by atomic mass is 16.3. The van der Waals surface area contributed by atoms with Gasteiger partial charge in [-0.15, -0.1) is 0 Å². The van der Waals surface area contributed by atoms with Crippen LogP contribution in [0.15, 0.2) is 84.9 Å². The summed E-state index contributed by atoms with van der Waals surface area (Å²) in [6.45, 7) is 7.11. The molecular weight excluding hydrogens is 388 g/mol. The van der Waals surface area contributed by atoms with Crippen LogP contribution >= 0.6 is 0 Å². The minimum Gasteiger partial charge on any atom is -0.508 e. The van der Waals surface area contributed by atoms with E-state index in [0.717, 1.165) is 12.3 Å². The maximum absolute atomic E-state index is 9.68. The number of aromatic hydroxyl groups is 1. The number of phenols is 1. The molecule has 0 aliphatic carbocycles. The maximum Gasteiger partial charge on any atom is 0.115 e. The first-order valence-electron chi connectivity index (χ1n) is 12.5. The van der Waals surface area contributed by atoms with E-state index < -0.39 is 0 Å². The van der Waals surface area contributed by atoms with Crippen LogP contribution in [0.1, 0.15) is 81.4 Å². The van der Waals surface area contributed by atoms with Crippen molar-refractivity contribution >= 4 is 0 Å². The molecule has 0 bridgehead atoms. The summed E-state index contributed by atoms with van der Waals surface area (Å²) in [5.74, 6) is 2.80. The zero-order valence-electron chi connectivity index (χ0n) is 20.1. The van der Waals surface area contributed by atoms with E-state index in [1.165, 1.54) is 48.8 Å². The van der Waals surface area contributed by atoms with Gasteiger partial charge in [0.1, 0.15) is 5.75 Å². The van der Waals surface area contributed by atoms with E-state index in [-0.39, 0.29) is 0 Å². The van der Waals surface area contributed by atoms with Crippen molar-refractivity contribution in [2.24, 2.45) is 11.8 Å². The van der Waals surface area contributed by atoms with Crippen molar-refractivity contribution in [3.63, 3.8) is 0 Å². The molecule has 1 N–H and O–H groups in total. The Morgan fingerprint density at radius 3 is 1.66 bits per heavy atom. The van der Waals surface area contributed by atoms with Gasteiger partial charge in [-0.2, -0.15) is 0 Å². The lowest BCUT2D eigenvalue weighted by atomic mass is 9.77. The summed E-state index contributed by atoms with van der Waals surface area (Å²) in [7, 11) is 0. The highest BCUT2D eigenvalue weighted by Crippen LogP contribution is 2.35. The number of hydrogen-bond donors (Lipinski definition) is 1. The molecule has 170 valence electrons. The fourth-order valence-corrected chi connectivity index (χ4v) is 5.18. The Kier molecular flexibility index (Phi) is 9.41. The first-order chi connectivity index (χ1) is 15.6. The molecule has 0 saturated heterocycles. The summed E-state index contributed by atoms with van der Waals surface area (Å²) in [6, 6.07) is 29.8. The second-order valence-corrected chi connectivity index (χ2v) is 9.51. The van der Waals surface area contributed by atoms with Crippen LogP contribution in [0, 0.1) is 11.8 Å². The summed E-state index contributed by atoms with van der Waals surface area (Å²) in [4.78, 5) is 0. The molecule has 0 radical (unpaired) electrons. The first kappa shape index (κ1) is 24.1. The Morgan fingerprint density at radius 2 is 1.12 bits per heavy atom. The van der Waals surface area contributed by atoms with Crippen molar-refractivity contribution in [3.8, 4) is 5.75 Å². The minimum absolute atomic E-state index is 0.346. The molecule has 3 aromatic rings. The average Bonchev–Trinajstić information content (AvgIpc) is 2.84. The van der Waals surface area contributed by atoms with E-state index in [9.17, 15) is 5.11 Å². The predicted octanol–water partition coefficient (Wildman–Crippen LogP) is 8.74. The quantitative estimate of drug-likeness (QED) is 0.306. The van der Waals surface area contributed by atoms with Crippen LogP contribution in [0.5, 0.6) is 5.75 Å². The average molecular weight is 429 g/mol. The van der Waals surface area contributed by atoms with Gasteiger partial charge in [0.2, 0.25) is 0 Å². The van der Waals surface area contributed by atoms with Crippen LogP contribution in [0.25, 0.3) is 0 Å². The summed E-state index contributed by atoms with van der Waals surface area (Å²) >= 11 is 0. The fourth-order valence-electron chi connectivity index (χ4n) is 5.18. The number of phenolic OH excluding ortho intramolecular Hbond substituents is 1. The third kappa shape index (κ3) is 6.99. The lowest BCUT2D eigenvalue weighted by Crippen LogP contribution is -2.15. The number of hydrogen-bond acceptors (Lipinski definition) is 1. The normalized spacial score (nSPS) is 15.1. The predicted molar refractivity (Wildman–Crippen MR) is 137 cm³/mol. The van der Waals surface area contributed by atoms with Gasteiger partial charge >= 0.3 is 0 Å². The molecule has 1 nitrogen and oxygen atoms in total. The molecule has 1 heteroatoms. The van der Waals surface area contributed by atoms with Crippen LogP contribution in [-0.2, 0) is 6.42 Å². The monoisotopic (exact) mass is 428 g/mol. The van der Waals surface area contributed by atoms with E-state index in [0.29, 0.717) is 23.5 Å². The zero-order chi connectivity index (χ0) is 22.8. The Hall–Kier alpha value is -2.54. The molecule has 3 rings (SSSR count). The van der Waals surface area contributed by atoms with Crippen LogP contribution in [0.4, 0.5) is 0 Å². The van der Waals surface area contributed by atoms with Gasteiger partial charge in [0.05, 0.1) is 0 Å². The second-order valence-electron chi connectivity index (χ2n) is 9.51. The van der Waals surface area contributed by atoms with E-state index >= 15 is 0 Å². The zero-order valence-corrected chi connectivity index (χ0v) is 20.1. The Labute approximate surface area is 195 Å². The van der Waals surface area contributed by atoms with E-state index in [4.69, 9.17) is 0 Å². The molecule has 0 fully saturated rings. The van der Waals surface area contributed by atoms with Gasteiger partial charge in [0, 0.05) is 0 Å². The molecule has 0 aromatic heterocycles. The van der Waals surface area contributed by atoms with Crippen molar-refractivity contribution in [1.29, 1.82) is 0 Å². The van der Waals surface area contributed by atoms with Gasteiger partial charge in [0.25, 0.3) is 0 Å². The number of rotatable bonds is 12. The Balaban J connectivity index is 1.68. The SMILES string of the molecule is CCCC(CCCC(Cc1ccc(O)cc1)C(C)c1ccccc1)C(C)c1ccccc1. The summed E-state index contributed by atoms with van der Waals surface area (Å²) in [5.41, 5.74) is 4.22. The molecule has 3 aromatic carbocycles. The van der Waals surface area contributed by atoms with Gasteiger partial charge in [-0.1, -0.05) is 113 Å². The largest absolute Gasteiger partial charge is 0.508 e. The minimum atomic E-state index is 0.346. The topological polar surface area (TPSA) is 20.2 Å². The van der Waals surface area contributed by atoms with E-state index in [2.05, 4.69) is 93.6 Å². The Morgan fingerprint density at radius 1 is 0.625 bits per heavy atom. The third-order valence-corrected chi connectivity index (χ3v) is 7.31. The van der Waals surface area contributed by atoms with Gasteiger partial charge in [-0.3, -0.25) is 0 Å². The third-order valence-electron chi connectivity index (χ3n) is 7.31. The molecule has 0 saturated carbocycles. The van der Waals surface area contributed by atoms with Crippen LogP contribution in [0.3, 0.4) is 0 Å². The molecule has 4 atom stereocenters. The molecular formula is C31H40O. The van der Waals surface area contributed by atoms with Crippen molar-refractivity contribution in [2.45, 2.75) is 71.1 Å². The second kappa shape index (κ2) is 12.5. The molecule has 0 amide bonds. The van der Waals surface area contributed by atoms with Crippen LogP contribution in [-0.4, -0.2) is 5.11 Å². The van der Waals surface area contributed by atoms with E-state index in [1.54, 1.807) is 0 Å². The fraction of sp³-hybridized carbons (Fsp3) is 0.419. The first-order valence-corrected chi connectivity index (χ1v) is 12.5. The molecule has 0 aliphatic rings. The smallest absolute Gasteiger partial charge is 0.115 e. The Bertz CT molecular complexity index is 885. The standard InChI is InChI=1S/C31H40O/c1-4-12-27(24(2)28-13-7-5-8-14-28)17-11-18-30(23-26-19-21-31(32)22-20-26)25(3)29-15-9-6-10-16-29/h5-10,13-16,19-22,24-25,27,30,32H,4,11-12,17-18,23H2,1-3H3. The summed E-state index contributed by atoms with van der Waals surface area (Å²) in [5, 5.41) is 9.68. The highest BCUT2D eigenvalue weighted by molar-refractivity contribution is 5.27. The van der Waals surface area contributed by atoms with Crippen LogP contribution in [0.2, 0.25) is 0 Å². The molecule has 0 heterocycles.